The van der Waals surface area contributed by atoms with Gasteiger partial charge in [0.25, 0.3) is 0 Å². The molecule has 1 fully saturated rings. The molecule has 0 atom stereocenters. The molecule has 2 heterocycles. The molecule has 1 saturated carbocycles. The number of rotatable bonds is 3. The molecule has 1 aliphatic rings. The quantitative estimate of drug-likeness (QED) is 0.887. The van der Waals surface area contributed by atoms with Crippen molar-refractivity contribution in [3.8, 4) is 11.3 Å². The van der Waals surface area contributed by atoms with Crippen molar-refractivity contribution in [3.05, 3.63) is 20.8 Å². The van der Waals surface area contributed by atoms with Gasteiger partial charge in [-0.05, 0) is 18.9 Å². The molecule has 6 heteroatoms. The molecule has 0 unspecified atom stereocenters. The molecule has 2 N–H and O–H groups in total. The summed E-state index contributed by atoms with van der Waals surface area (Å²) in [5, 5.41) is 10.5. The van der Waals surface area contributed by atoms with Crippen LogP contribution in [-0.4, -0.2) is 16.2 Å². The number of H-pyrrole nitrogens is 1. The zero-order chi connectivity index (χ0) is 11.1. The Bertz CT molecular complexity index is 516. The lowest BCUT2D eigenvalue weighted by Gasteiger charge is -1.95. The van der Waals surface area contributed by atoms with Crippen molar-refractivity contribution in [1.82, 2.24) is 10.2 Å². The molecule has 1 aliphatic carbocycles. The summed E-state index contributed by atoms with van der Waals surface area (Å²) in [5.41, 5.74) is 1.81. The largest absolute Gasteiger partial charge is 0.366 e. The highest BCUT2D eigenvalue weighted by atomic mass is 35.5. The molecule has 16 heavy (non-hydrogen) atoms. The second-order valence-electron chi connectivity index (χ2n) is 3.82. The number of anilines is 1. The van der Waals surface area contributed by atoms with Gasteiger partial charge in [-0.2, -0.15) is 5.10 Å². The van der Waals surface area contributed by atoms with Gasteiger partial charge in [-0.3, -0.25) is 5.10 Å². The summed E-state index contributed by atoms with van der Waals surface area (Å²) in [4.78, 5) is 0. The van der Waals surface area contributed by atoms with Gasteiger partial charge in [-0.25, -0.2) is 0 Å². The Morgan fingerprint density at radius 2 is 2.19 bits per heavy atom. The van der Waals surface area contributed by atoms with Crippen LogP contribution in [0.25, 0.3) is 11.3 Å². The smallest absolute Gasteiger partial charge is 0.148 e. The fourth-order valence-electron chi connectivity index (χ4n) is 1.49. The van der Waals surface area contributed by atoms with Crippen LogP contribution in [0, 0.1) is 0 Å². The molecule has 3 rings (SSSR count). The van der Waals surface area contributed by atoms with Gasteiger partial charge in [-0.1, -0.05) is 23.2 Å². The lowest BCUT2D eigenvalue weighted by Crippen LogP contribution is -2.00. The Morgan fingerprint density at radius 3 is 2.81 bits per heavy atom. The number of hydrogen-bond donors (Lipinski definition) is 2. The Hall–Kier alpha value is -0.710. The normalized spacial score (nSPS) is 15.4. The van der Waals surface area contributed by atoms with Gasteiger partial charge in [0.1, 0.15) is 10.2 Å². The Kier molecular flexibility index (Phi) is 2.58. The van der Waals surface area contributed by atoms with Crippen LogP contribution in [0.15, 0.2) is 12.1 Å². The minimum absolute atomic E-state index is 0.595. The fourth-order valence-corrected chi connectivity index (χ4v) is 2.99. The van der Waals surface area contributed by atoms with Crippen LogP contribution in [0.4, 0.5) is 5.82 Å². The monoisotopic (exact) mass is 273 g/mol. The van der Waals surface area contributed by atoms with Crippen LogP contribution < -0.4 is 5.32 Å². The summed E-state index contributed by atoms with van der Waals surface area (Å²) in [6.45, 7) is 0. The number of nitrogens with zero attached hydrogens (tertiary/aromatic N) is 1. The molecule has 2 aromatic heterocycles. The fraction of sp³-hybridized carbons (Fsp3) is 0.300. The van der Waals surface area contributed by atoms with E-state index >= 15 is 0 Å². The molecule has 0 bridgehead atoms. The second-order valence-corrected chi connectivity index (χ2v) is 6.11. The molecule has 0 saturated heterocycles. The standard InChI is InChI=1S/C10H9Cl2N3S/c11-8-3-6(10(12)16-8)7-4-9(15-14-7)13-5-1-2-5/h3-5H,1-2H2,(H2,13,14,15). The van der Waals surface area contributed by atoms with Gasteiger partial charge in [0.15, 0.2) is 0 Å². The van der Waals surface area contributed by atoms with Crippen molar-refractivity contribution in [2.75, 3.05) is 5.32 Å². The van der Waals surface area contributed by atoms with Crippen molar-refractivity contribution >= 4 is 40.4 Å². The minimum atomic E-state index is 0.595. The third-order valence-corrected chi connectivity index (χ3v) is 3.94. The Balaban J connectivity index is 1.87. The lowest BCUT2D eigenvalue weighted by molar-refractivity contribution is 1.05. The SMILES string of the molecule is Clc1cc(-c2cc(NC3CC3)n[nH]2)c(Cl)s1. The number of nitrogens with one attached hydrogen (secondary N) is 2. The number of halogens is 2. The van der Waals surface area contributed by atoms with Crippen molar-refractivity contribution in [2.45, 2.75) is 18.9 Å². The predicted molar refractivity (Wildman–Crippen MR) is 68.6 cm³/mol. The minimum Gasteiger partial charge on any atom is -0.366 e. The van der Waals surface area contributed by atoms with E-state index in [1.165, 1.54) is 24.2 Å². The van der Waals surface area contributed by atoms with E-state index in [2.05, 4.69) is 15.5 Å². The van der Waals surface area contributed by atoms with Gasteiger partial charge in [0.2, 0.25) is 0 Å². The van der Waals surface area contributed by atoms with Crippen molar-refractivity contribution in [2.24, 2.45) is 0 Å². The van der Waals surface area contributed by atoms with Crippen molar-refractivity contribution in [3.63, 3.8) is 0 Å². The topological polar surface area (TPSA) is 40.7 Å². The van der Waals surface area contributed by atoms with E-state index in [0.717, 1.165) is 17.1 Å². The summed E-state index contributed by atoms with van der Waals surface area (Å²) in [5.74, 6) is 0.871. The first-order valence-electron chi connectivity index (χ1n) is 4.99. The van der Waals surface area contributed by atoms with Gasteiger partial charge in [-0.15, -0.1) is 11.3 Å². The molecular formula is C10H9Cl2N3S. The Labute approximate surface area is 107 Å². The first kappa shape index (κ1) is 10.4. The number of hydrogen-bond acceptors (Lipinski definition) is 3. The summed E-state index contributed by atoms with van der Waals surface area (Å²) in [6.07, 6.45) is 2.46. The van der Waals surface area contributed by atoms with Gasteiger partial charge >= 0.3 is 0 Å². The van der Waals surface area contributed by atoms with E-state index in [4.69, 9.17) is 23.2 Å². The van der Waals surface area contributed by atoms with Gasteiger partial charge in [0, 0.05) is 17.7 Å². The van der Waals surface area contributed by atoms with Crippen LogP contribution >= 0.6 is 34.5 Å². The molecule has 0 spiro atoms. The molecule has 0 aromatic carbocycles. The number of aromatic nitrogens is 2. The maximum Gasteiger partial charge on any atom is 0.148 e. The maximum atomic E-state index is 6.07. The summed E-state index contributed by atoms with van der Waals surface area (Å²) < 4.78 is 1.37. The zero-order valence-corrected chi connectivity index (χ0v) is 10.6. The number of thiophene rings is 1. The Morgan fingerprint density at radius 1 is 1.38 bits per heavy atom. The second kappa shape index (κ2) is 3.95. The highest BCUT2D eigenvalue weighted by molar-refractivity contribution is 7.20. The molecule has 0 amide bonds. The van der Waals surface area contributed by atoms with Gasteiger partial charge < -0.3 is 5.32 Å². The molecular weight excluding hydrogens is 265 g/mol. The van der Waals surface area contributed by atoms with Crippen LogP contribution in [-0.2, 0) is 0 Å². The van der Waals surface area contributed by atoms with E-state index in [9.17, 15) is 0 Å². The highest BCUT2D eigenvalue weighted by Crippen LogP contribution is 2.38. The van der Waals surface area contributed by atoms with E-state index < -0.39 is 0 Å². The summed E-state index contributed by atoms with van der Waals surface area (Å²) >= 11 is 13.3. The molecule has 84 valence electrons. The van der Waals surface area contributed by atoms with E-state index in [-0.39, 0.29) is 0 Å². The van der Waals surface area contributed by atoms with Crippen LogP contribution in [0.5, 0.6) is 0 Å². The van der Waals surface area contributed by atoms with E-state index in [1.807, 2.05) is 12.1 Å². The van der Waals surface area contributed by atoms with Crippen LogP contribution in [0.2, 0.25) is 8.67 Å². The molecule has 0 radical (unpaired) electrons. The molecule has 2 aromatic rings. The highest BCUT2D eigenvalue weighted by Gasteiger charge is 2.22. The first-order valence-corrected chi connectivity index (χ1v) is 6.57. The van der Waals surface area contributed by atoms with Crippen LogP contribution in [0.1, 0.15) is 12.8 Å². The summed E-state index contributed by atoms with van der Waals surface area (Å²) in [7, 11) is 0. The third kappa shape index (κ3) is 2.05. The number of aromatic amines is 1. The van der Waals surface area contributed by atoms with E-state index in [0.29, 0.717) is 14.7 Å². The molecule has 0 aliphatic heterocycles. The lowest BCUT2D eigenvalue weighted by atomic mass is 10.2. The van der Waals surface area contributed by atoms with E-state index in [1.54, 1.807) is 0 Å². The molecule has 3 nitrogen and oxygen atoms in total. The van der Waals surface area contributed by atoms with Crippen LogP contribution in [0.3, 0.4) is 0 Å². The first-order chi connectivity index (χ1) is 7.72. The predicted octanol–water partition coefficient (Wildman–Crippen LogP) is 4.02. The van der Waals surface area contributed by atoms with Crippen molar-refractivity contribution in [1.29, 1.82) is 0 Å². The average molecular weight is 274 g/mol. The summed E-state index contributed by atoms with van der Waals surface area (Å²) in [6, 6.07) is 4.41. The van der Waals surface area contributed by atoms with Gasteiger partial charge in [0.05, 0.1) is 10.0 Å². The average Bonchev–Trinajstić information content (AvgIpc) is 2.80. The van der Waals surface area contributed by atoms with Crippen molar-refractivity contribution < 1.29 is 0 Å². The maximum absolute atomic E-state index is 6.07. The zero-order valence-electron chi connectivity index (χ0n) is 8.26. The third-order valence-electron chi connectivity index (χ3n) is 2.45.